The molecule has 5 nitrogen and oxygen atoms in total. The van der Waals surface area contributed by atoms with Gasteiger partial charge in [-0.25, -0.2) is 0 Å². The van der Waals surface area contributed by atoms with Gasteiger partial charge in [-0.3, -0.25) is 0 Å². The number of anilines is 1. The Balaban J connectivity index is 1.95. The number of para-hydroxylation sites is 1. The van der Waals surface area contributed by atoms with Crippen molar-refractivity contribution in [2.75, 3.05) is 5.73 Å². The molecule has 0 amide bonds. The molecule has 0 radical (unpaired) electrons. The third-order valence-electron chi connectivity index (χ3n) is 2.33. The van der Waals surface area contributed by atoms with E-state index in [-0.39, 0.29) is 0 Å². The van der Waals surface area contributed by atoms with E-state index in [0.717, 1.165) is 27.6 Å². The zero-order chi connectivity index (χ0) is 11.0. The van der Waals surface area contributed by atoms with Crippen LogP contribution in [0.25, 0.3) is 4.96 Å². The average molecular weight is 231 g/mol. The van der Waals surface area contributed by atoms with Gasteiger partial charge in [0.2, 0.25) is 4.96 Å². The highest BCUT2D eigenvalue weighted by atomic mass is 32.1. The summed E-state index contributed by atoms with van der Waals surface area (Å²) < 4.78 is 1.68. The van der Waals surface area contributed by atoms with Gasteiger partial charge in [-0.15, -0.1) is 10.2 Å². The van der Waals surface area contributed by atoms with Gasteiger partial charge < -0.3 is 5.73 Å². The van der Waals surface area contributed by atoms with E-state index in [1.165, 1.54) is 11.3 Å². The van der Waals surface area contributed by atoms with Gasteiger partial charge in [0.1, 0.15) is 11.3 Å². The van der Waals surface area contributed by atoms with Crippen LogP contribution in [0.5, 0.6) is 0 Å². The van der Waals surface area contributed by atoms with Gasteiger partial charge in [0.15, 0.2) is 0 Å². The van der Waals surface area contributed by atoms with E-state index in [0.29, 0.717) is 0 Å². The van der Waals surface area contributed by atoms with Gasteiger partial charge in [-0.05, 0) is 11.6 Å². The van der Waals surface area contributed by atoms with Crippen molar-refractivity contribution >= 4 is 22.0 Å². The first-order chi connectivity index (χ1) is 7.83. The lowest BCUT2D eigenvalue weighted by Crippen LogP contribution is -1.95. The second-order valence-corrected chi connectivity index (χ2v) is 4.47. The van der Waals surface area contributed by atoms with E-state index in [1.54, 1.807) is 10.8 Å². The van der Waals surface area contributed by atoms with E-state index in [9.17, 15) is 0 Å². The number of nitrogens with two attached hydrogens (primary N) is 1. The van der Waals surface area contributed by atoms with E-state index < -0.39 is 0 Å². The minimum atomic E-state index is 0.737. The number of benzene rings is 1. The Morgan fingerprint density at radius 3 is 3.00 bits per heavy atom. The molecule has 80 valence electrons. The molecule has 16 heavy (non-hydrogen) atoms. The zero-order valence-corrected chi connectivity index (χ0v) is 9.18. The van der Waals surface area contributed by atoms with E-state index >= 15 is 0 Å². The Morgan fingerprint density at radius 2 is 2.19 bits per heavy atom. The summed E-state index contributed by atoms with van der Waals surface area (Å²) in [5, 5.41) is 13.1. The maximum atomic E-state index is 5.88. The summed E-state index contributed by atoms with van der Waals surface area (Å²) in [7, 11) is 0. The van der Waals surface area contributed by atoms with Crippen LogP contribution in [0.2, 0.25) is 0 Å². The van der Waals surface area contributed by atoms with E-state index in [2.05, 4.69) is 15.3 Å². The molecule has 0 atom stereocenters. The molecule has 0 fully saturated rings. The summed E-state index contributed by atoms with van der Waals surface area (Å²) in [6, 6.07) is 7.82. The normalized spacial score (nSPS) is 11.0. The first-order valence-electron chi connectivity index (χ1n) is 4.82. The predicted molar refractivity (Wildman–Crippen MR) is 62.3 cm³/mol. The van der Waals surface area contributed by atoms with Crippen molar-refractivity contribution in [1.82, 2.24) is 19.8 Å². The Labute approximate surface area is 95.5 Å². The molecule has 0 aliphatic carbocycles. The van der Waals surface area contributed by atoms with Crippen molar-refractivity contribution in [1.29, 1.82) is 0 Å². The third kappa shape index (κ3) is 1.53. The largest absolute Gasteiger partial charge is 0.398 e. The summed E-state index contributed by atoms with van der Waals surface area (Å²) in [4.78, 5) is 0.810. The Hall–Kier alpha value is -1.95. The highest BCUT2D eigenvalue weighted by molar-refractivity contribution is 7.16. The quantitative estimate of drug-likeness (QED) is 0.676. The summed E-state index contributed by atoms with van der Waals surface area (Å²) in [5.41, 5.74) is 7.77. The minimum Gasteiger partial charge on any atom is -0.398 e. The van der Waals surface area contributed by atoms with E-state index in [4.69, 9.17) is 5.73 Å². The lowest BCUT2D eigenvalue weighted by Gasteiger charge is -2.01. The van der Waals surface area contributed by atoms with Gasteiger partial charge in [-0.1, -0.05) is 29.5 Å². The average Bonchev–Trinajstić information content (AvgIpc) is 2.81. The molecule has 2 aromatic heterocycles. The topological polar surface area (TPSA) is 69.1 Å². The molecule has 3 aromatic rings. The van der Waals surface area contributed by atoms with Crippen LogP contribution >= 0.6 is 11.3 Å². The standard InChI is InChI=1S/C10H9N5S/c11-8-4-2-1-3-7(8)5-9-14-15-6-12-13-10(15)16-9/h1-4,6H,5,11H2. The number of nitrogens with zero attached hydrogens (tertiary/aromatic N) is 4. The molecular formula is C10H9N5S. The second-order valence-electron chi connectivity index (χ2n) is 3.43. The lowest BCUT2D eigenvalue weighted by molar-refractivity contribution is 0.910. The number of fused-ring (bicyclic) bond motifs is 1. The summed E-state index contributed by atoms with van der Waals surface area (Å²) >= 11 is 1.53. The lowest BCUT2D eigenvalue weighted by atomic mass is 10.1. The SMILES string of the molecule is Nc1ccccc1Cc1nn2cnnc2s1. The van der Waals surface area contributed by atoms with Crippen LogP contribution in [0.15, 0.2) is 30.6 Å². The van der Waals surface area contributed by atoms with Crippen molar-refractivity contribution in [3.63, 3.8) is 0 Å². The first kappa shape index (κ1) is 9.29. The fraction of sp³-hybridized carbons (Fsp3) is 0.100. The number of rotatable bonds is 2. The molecule has 0 saturated heterocycles. The van der Waals surface area contributed by atoms with Crippen molar-refractivity contribution in [3.05, 3.63) is 41.2 Å². The monoisotopic (exact) mass is 231 g/mol. The van der Waals surface area contributed by atoms with E-state index in [1.807, 2.05) is 24.3 Å². The van der Waals surface area contributed by atoms with Crippen LogP contribution in [0.4, 0.5) is 5.69 Å². The smallest absolute Gasteiger partial charge is 0.234 e. The van der Waals surface area contributed by atoms with Gasteiger partial charge in [0.25, 0.3) is 0 Å². The number of nitrogen functional groups attached to an aromatic ring is 1. The summed E-state index contributed by atoms with van der Waals surface area (Å²) in [6.07, 6.45) is 2.34. The molecule has 2 N–H and O–H groups in total. The fourth-order valence-electron chi connectivity index (χ4n) is 1.53. The highest BCUT2D eigenvalue weighted by Crippen LogP contribution is 2.19. The van der Waals surface area contributed by atoms with Crippen LogP contribution in [0.3, 0.4) is 0 Å². The third-order valence-corrected chi connectivity index (χ3v) is 3.24. The molecule has 0 unspecified atom stereocenters. The minimum absolute atomic E-state index is 0.737. The van der Waals surface area contributed by atoms with Gasteiger partial charge >= 0.3 is 0 Å². The van der Waals surface area contributed by atoms with Crippen LogP contribution in [-0.2, 0) is 6.42 Å². The second kappa shape index (κ2) is 3.57. The van der Waals surface area contributed by atoms with Crippen LogP contribution in [0, 0.1) is 0 Å². The molecule has 0 aliphatic heterocycles. The molecule has 6 heteroatoms. The Morgan fingerprint density at radius 1 is 1.31 bits per heavy atom. The number of hydrogen-bond donors (Lipinski definition) is 1. The molecule has 0 bridgehead atoms. The van der Waals surface area contributed by atoms with Crippen molar-refractivity contribution in [2.24, 2.45) is 0 Å². The molecule has 0 saturated carbocycles. The van der Waals surface area contributed by atoms with Crippen molar-refractivity contribution in [3.8, 4) is 0 Å². The van der Waals surface area contributed by atoms with Crippen LogP contribution in [0.1, 0.15) is 10.6 Å². The maximum Gasteiger partial charge on any atom is 0.234 e. The summed E-state index contributed by atoms with van der Waals surface area (Å²) in [5.74, 6) is 0. The summed E-state index contributed by atoms with van der Waals surface area (Å²) in [6.45, 7) is 0. The number of aromatic nitrogens is 4. The highest BCUT2D eigenvalue weighted by Gasteiger charge is 2.07. The number of hydrogen-bond acceptors (Lipinski definition) is 5. The molecule has 0 spiro atoms. The van der Waals surface area contributed by atoms with Crippen LogP contribution in [-0.4, -0.2) is 19.8 Å². The fourth-order valence-corrected chi connectivity index (χ4v) is 2.37. The molecule has 0 aliphatic rings. The van der Waals surface area contributed by atoms with Crippen LogP contribution < -0.4 is 5.73 Å². The molecular weight excluding hydrogens is 222 g/mol. The van der Waals surface area contributed by atoms with Gasteiger partial charge in [0.05, 0.1) is 0 Å². The van der Waals surface area contributed by atoms with Gasteiger partial charge in [0, 0.05) is 12.1 Å². The molecule has 2 heterocycles. The maximum absolute atomic E-state index is 5.88. The zero-order valence-electron chi connectivity index (χ0n) is 8.37. The molecule has 3 rings (SSSR count). The first-order valence-corrected chi connectivity index (χ1v) is 5.64. The van der Waals surface area contributed by atoms with Crippen molar-refractivity contribution in [2.45, 2.75) is 6.42 Å². The van der Waals surface area contributed by atoms with Crippen molar-refractivity contribution < 1.29 is 0 Å². The molecule has 1 aromatic carbocycles. The Bertz CT molecular complexity index is 598. The Kier molecular flexibility index (Phi) is 2.07. The predicted octanol–water partition coefficient (Wildman–Crippen LogP) is 1.36. The van der Waals surface area contributed by atoms with Gasteiger partial charge in [-0.2, -0.15) is 9.61 Å².